The molecule has 0 radical (unpaired) electrons. The predicted molar refractivity (Wildman–Crippen MR) is 68.9 cm³/mol. The molecule has 5 nitrogen and oxygen atoms in total. The van der Waals surface area contributed by atoms with Gasteiger partial charge in [-0.25, -0.2) is 4.98 Å². The predicted octanol–water partition coefficient (Wildman–Crippen LogP) is 2.38. The van der Waals surface area contributed by atoms with Crippen LogP contribution >= 0.6 is 0 Å². The summed E-state index contributed by atoms with van der Waals surface area (Å²) in [6.45, 7) is 5.87. The molecule has 0 aliphatic rings. The SMILES string of the molecule is CCCCNc1nc(NCCC)ncc1C#N. The number of hydrogen-bond acceptors (Lipinski definition) is 5. The Balaban J connectivity index is 2.72. The number of anilines is 2. The molecule has 1 aromatic rings. The van der Waals surface area contributed by atoms with Crippen molar-refractivity contribution in [2.24, 2.45) is 0 Å². The summed E-state index contributed by atoms with van der Waals surface area (Å²) in [5, 5.41) is 15.2. The zero-order chi connectivity index (χ0) is 12.5. The quantitative estimate of drug-likeness (QED) is 0.707. The van der Waals surface area contributed by atoms with Gasteiger partial charge in [-0.3, -0.25) is 0 Å². The minimum absolute atomic E-state index is 0.489. The molecule has 17 heavy (non-hydrogen) atoms. The first-order chi connectivity index (χ1) is 8.31. The fraction of sp³-hybridized carbons (Fsp3) is 0.583. The van der Waals surface area contributed by atoms with E-state index < -0.39 is 0 Å². The summed E-state index contributed by atoms with van der Waals surface area (Å²) in [6.07, 6.45) is 4.74. The van der Waals surface area contributed by atoms with E-state index in [9.17, 15) is 0 Å². The molecule has 0 bridgehead atoms. The second-order valence-electron chi connectivity index (χ2n) is 3.77. The molecule has 1 aromatic heterocycles. The van der Waals surface area contributed by atoms with Gasteiger partial charge in [0, 0.05) is 13.1 Å². The molecule has 0 aliphatic heterocycles. The number of nitrogens with one attached hydrogen (secondary N) is 2. The molecule has 0 unspecified atom stereocenters. The van der Waals surface area contributed by atoms with Crippen molar-refractivity contribution in [3.63, 3.8) is 0 Å². The van der Waals surface area contributed by atoms with Crippen molar-refractivity contribution >= 4 is 11.8 Å². The summed E-state index contributed by atoms with van der Waals surface area (Å²) in [6, 6.07) is 2.09. The second kappa shape index (κ2) is 7.44. The van der Waals surface area contributed by atoms with Crippen molar-refractivity contribution in [2.75, 3.05) is 23.7 Å². The molecule has 1 heterocycles. The summed E-state index contributed by atoms with van der Waals surface area (Å²) in [7, 11) is 0. The Kier molecular flexibility index (Phi) is 5.80. The first-order valence-corrected chi connectivity index (χ1v) is 6.06. The monoisotopic (exact) mass is 233 g/mol. The van der Waals surface area contributed by atoms with Gasteiger partial charge < -0.3 is 10.6 Å². The number of unbranched alkanes of at least 4 members (excludes halogenated alkanes) is 1. The molecule has 0 saturated carbocycles. The molecular weight excluding hydrogens is 214 g/mol. The maximum atomic E-state index is 8.95. The zero-order valence-corrected chi connectivity index (χ0v) is 10.5. The third-order valence-corrected chi connectivity index (χ3v) is 2.27. The van der Waals surface area contributed by atoms with Crippen LogP contribution in [0.2, 0.25) is 0 Å². The van der Waals surface area contributed by atoms with Gasteiger partial charge in [0.2, 0.25) is 5.95 Å². The topological polar surface area (TPSA) is 73.6 Å². The Labute approximate surface area is 102 Å². The molecule has 0 amide bonds. The van der Waals surface area contributed by atoms with Crippen molar-refractivity contribution in [3.05, 3.63) is 11.8 Å². The van der Waals surface area contributed by atoms with Crippen LogP contribution in [0.5, 0.6) is 0 Å². The largest absolute Gasteiger partial charge is 0.369 e. The highest BCUT2D eigenvalue weighted by Crippen LogP contribution is 2.12. The lowest BCUT2D eigenvalue weighted by Crippen LogP contribution is -2.09. The molecule has 0 aromatic carbocycles. The van der Waals surface area contributed by atoms with Crippen LogP contribution in [0.1, 0.15) is 38.7 Å². The summed E-state index contributed by atoms with van der Waals surface area (Å²) in [5.41, 5.74) is 0.489. The third kappa shape index (κ3) is 4.27. The van der Waals surface area contributed by atoms with E-state index in [4.69, 9.17) is 5.26 Å². The maximum absolute atomic E-state index is 8.95. The van der Waals surface area contributed by atoms with Crippen LogP contribution in [-0.2, 0) is 0 Å². The molecule has 0 saturated heterocycles. The lowest BCUT2D eigenvalue weighted by molar-refractivity contribution is 0.829. The van der Waals surface area contributed by atoms with Crippen molar-refractivity contribution < 1.29 is 0 Å². The van der Waals surface area contributed by atoms with Crippen molar-refractivity contribution in [1.29, 1.82) is 5.26 Å². The number of nitrogens with zero attached hydrogens (tertiary/aromatic N) is 3. The van der Waals surface area contributed by atoms with Crippen molar-refractivity contribution in [1.82, 2.24) is 9.97 Å². The van der Waals surface area contributed by atoms with E-state index in [2.05, 4.69) is 40.5 Å². The molecular formula is C12H19N5. The van der Waals surface area contributed by atoms with Crippen molar-refractivity contribution in [3.8, 4) is 6.07 Å². The number of hydrogen-bond donors (Lipinski definition) is 2. The average molecular weight is 233 g/mol. The van der Waals surface area contributed by atoms with Gasteiger partial charge in [0.25, 0.3) is 0 Å². The van der Waals surface area contributed by atoms with Gasteiger partial charge in [0.15, 0.2) is 0 Å². The Bertz CT molecular complexity index is 383. The summed E-state index contributed by atoms with van der Waals surface area (Å²) in [5.74, 6) is 1.19. The van der Waals surface area contributed by atoms with Crippen LogP contribution in [0.15, 0.2) is 6.20 Å². The highest BCUT2D eigenvalue weighted by molar-refractivity contribution is 5.53. The van der Waals surface area contributed by atoms with Crippen LogP contribution < -0.4 is 10.6 Å². The summed E-state index contributed by atoms with van der Waals surface area (Å²) >= 11 is 0. The molecule has 1 rings (SSSR count). The first kappa shape index (κ1) is 13.2. The lowest BCUT2D eigenvalue weighted by Gasteiger charge is -2.08. The van der Waals surface area contributed by atoms with E-state index >= 15 is 0 Å². The molecule has 5 heteroatoms. The van der Waals surface area contributed by atoms with Crippen LogP contribution in [0.3, 0.4) is 0 Å². The Morgan fingerprint density at radius 1 is 1.24 bits per heavy atom. The third-order valence-electron chi connectivity index (χ3n) is 2.27. The van der Waals surface area contributed by atoms with Gasteiger partial charge in [0.1, 0.15) is 17.5 Å². The fourth-order valence-electron chi connectivity index (χ4n) is 1.30. The second-order valence-corrected chi connectivity index (χ2v) is 3.77. The molecule has 0 fully saturated rings. The highest BCUT2D eigenvalue weighted by atomic mass is 15.1. The highest BCUT2D eigenvalue weighted by Gasteiger charge is 2.05. The van der Waals surface area contributed by atoms with E-state index in [0.717, 1.165) is 32.4 Å². The zero-order valence-electron chi connectivity index (χ0n) is 10.5. The first-order valence-electron chi connectivity index (χ1n) is 6.06. The van der Waals surface area contributed by atoms with Gasteiger partial charge in [0.05, 0.1) is 6.20 Å². The Morgan fingerprint density at radius 2 is 2.06 bits per heavy atom. The lowest BCUT2D eigenvalue weighted by atomic mass is 10.3. The number of nitriles is 1. The molecule has 0 aliphatic carbocycles. The van der Waals surface area contributed by atoms with E-state index in [-0.39, 0.29) is 0 Å². The molecule has 2 N–H and O–H groups in total. The van der Waals surface area contributed by atoms with Gasteiger partial charge in [-0.05, 0) is 12.8 Å². The van der Waals surface area contributed by atoms with Crippen molar-refractivity contribution in [2.45, 2.75) is 33.1 Å². The van der Waals surface area contributed by atoms with E-state index in [1.807, 2.05) is 0 Å². The summed E-state index contributed by atoms with van der Waals surface area (Å²) < 4.78 is 0. The standard InChI is InChI=1S/C12H19N5/c1-3-5-7-14-11-10(8-13)9-16-12(17-11)15-6-4-2/h9H,3-7H2,1-2H3,(H2,14,15,16,17). The maximum Gasteiger partial charge on any atom is 0.224 e. The van der Waals surface area contributed by atoms with Crippen LogP contribution in [-0.4, -0.2) is 23.1 Å². The molecule has 0 spiro atoms. The molecule has 92 valence electrons. The number of aromatic nitrogens is 2. The minimum Gasteiger partial charge on any atom is -0.369 e. The van der Waals surface area contributed by atoms with Gasteiger partial charge in [-0.2, -0.15) is 10.2 Å². The van der Waals surface area contributed by atoms with Gasteiger partial charge in [-0.15, -0.1) is 0 Å². The molecule has 0 atom stereocenters. The van der Waals surface area contributed by atoms with Gasteiger partial charge >= 0.3 is 0 Å². The van der Waals surface area contributed by atoms with E-state index in [1.54, 1.807) is 6.20 Å². The fourth-order valence-corrected chi connectivity index (χ4v) is 1.30. The van der Waals surface area contributed by atoms with Crippen LogP contribution in [0.25, 0.3) is 0 Å². The minimum atomic E-state index is 0.489. The van der Waals surface area contributed by atoms with Crippen LogP contribution in [0.4, 0.5) is 11.8 Å². The normalized spacial score (nSPS) is 9.71. The smallest absolute Gasteiger partial charge is 0.224 e. The van der Waals surface area contributed by atoms with E-state index in [1.165, 1.54) is 0 Å². The average Bonchev–Trinajstić information content (AvgIpc) is 2.37. The number of rotatable bonds is 7. The summed E-state index contributed by atoms with van der Waals surface area (Å²) in [4.78, 5) is 8.39. The Morgan fingerprint density at radius 3 is 2.71 bits per heavy atom. The van der Waals surface area contributed by atoms with Gasteiger partial charge in [-0.1, -0.05) is 20.3 Å². The van der Waals surface area contributed by atoms with E-state index in [0.29, 0.717) is 17.3 Å². The van der Waals surface area contributed by atoms with Crippen LogP contribution in [0, 0.1) is 11.3 Å². The Hall–Kier alpha value is -1.83.